The minimum Gasteiger partial charge on any atom is -0.461 e. The van der Waals surface area contributed by atoms with Crippen molar-refractivity contribution in [3.8, 4) is 0 Å². The molecule has 92 valence electrons. The zero-order valence-corrected chi connectivity index (χ0v) is 9.61. The number of allylic oxidation sites excluding steroid dienone is 3. The topological polar surface area (TPSA) is 96.7 Å². The highest BCUT2D eigenvalue weighted by Crippen LogP contribution is 2.28. The second-order valence-electron chi connectivity index (χ2n) is 3.66. The second-order valence-corrected chi connectivity index (χ2v) is 5.01. The van der Waals surface area contributed by atoms with E-state index in [1.165, 1.54) is 0 Å². The summed E-state index contributed by atoms with van der Waals surface area (Å²) in [7, 11) is -4.39. The van der Waals surface area contributed by atoms with E-state index < -0.39 is 15.2 Å². The Morgan fingerprint density at radius 3 is 2.65 bits per heavy atom. The van der Waals surface area contributed by atoms with Gasteiger partial charge in [-0.2, -0.15) is 8.42 Å². The monoisotopic (exact) mass is 257 g/mol. The van der Waals surface area contributed by atoms with Crippen LogP contribution in [0.3, 0.4) is 0 Å². The first-order chi connectivity index (χ1) is 7.98. The van der Waals surface area contributed by atoms with Gasteiger partial charge < -0.3 is 14.9 Å². The summed E-state index contributed by atoms with van der Waals surface area (Å²) in [5, 5.41) is 7.05. The normalized spacial score (nSPS) is 24.5. The maximum absolute atomic E-state index is 10.7. The van der Waals surface area contributed by atoms with Crippen LogP contribution in [-0.2, 0) is 19.6 Å². The summed E-state index contributed by atoms with van der Waals surface area (Å²) in [6, 6.07) is 0. The van der Waals surface area contributed by atoms with E-state index in [2.05, 4.69) is 0 Å². The summed E-state index contributed by atoms with van der Waals surface area (Å²) < 4.78 is 40.0. The zero-order chi connectivity index (χ0) is 12.5. The van der Waals surface area contributed by atoms with E-state index in [9.17, 15) is 8.42 Å². The average molecular weight is 257 g/mol. The second kappa shape index (κ2) is 4.34. The molecule has 0 bridgehead atoms. The van der Waals surface area contributed by atoms with Crippen LogP contribution in [-0.4, -0.2) is 18.7 Å². The lowest BCUT2D eigenvalue weighted by Crippen LogP contribution is -2.20. The lowest BCUT2D eigenvalue weighted by molar-refractivity contribution is 0.219. The Labute approximate surface area is 98.5 Å². The van der Waals surface area contributed by atoms with E-state index in [0.29, 0.717) is 17.9 Å². The third-order valence-corrected chi connectivity index (χ3v) is 3.18. The van der Waals surface area contributed by atoms with Gasteiger partial charge in [0.25, 0.3) is 5.09 Å². The van der Waals surface area contributed by atoms with Gasteiger partial charge in [0, 0.05) is 5.71 Å². The van der Waals surface area contributed by atoms with Crippen LogP contribution in [0.2, 0.25) is 0 Å². The van der Waals surface area contributed by atoms with Crippen molar-refractivity contribution < 1.29 is 22.4 Å². The van der Waals surface area contributed by atoms with Crippen LogP contribution in [0.25, 0.3) is 0 Å². The van der Waals surface area contributed by atoms with Crippen molar-refractivity contribution in [2.24, 2.45) is 5.92 Å². The van der Waals surface area contributed by atoms with Crippen molar-refractivity contribution in [1.82, 2.24) is 0 Å². The highest BCUT2D eigenvalue weighted by Gasteiger charge is 2.26. The Hall–Kier alpha value is -1.60. The van der Waals surface area contributed by atoms with Gasteiger partial charge in [-0.05, 0) is 18.9 Å². The third kappa shape index (κ3) is 2.56. The van der Waals surface area contributed by atoms with Crippen LogP contribution in [0.5, 0.6) is 0 Å². The highest BCUT2D eigenvalue weighted by atomic mass is 32.2. The Morgan fingerprint density at radius 1 is 1.35 bits per heavy atom. The van der Waals surface area contributed by atoms with Gasteiger partial charge in [-0.15, -0.1) is 0 Å². The molecule has 0 fully saturated rings. The molecule has 0 aromatic heterocycles. The molecule has 2 N–H and O–H groups in total. The lowest BCUT2D eigenvalue weighted by Gasteiger charge is -2.22. The van der Waals surface area contributed by atoms with Gasteiger partial charge in [0.2, 0.25) is 0 Å². The van der Waals surface area contributed by atoms with Crippen molar-refractivity contribution >= 4 is 15.8 Å². The van der Waals surface area contributed by atoms with Crippen LogP contribution >= 0.6 is 0 Å². The summed E-state index contributed by atoms with van der Waals surface area (Å²) in [6.45, 7) is 0. The smallest absolute Gasteiger partial charge is 0.331 e. The van der Waals surface area contributed by atoms with E-state index in [1.807, 2.05) is 6.08 Å². The molecule has 1 aliphatic carbocycles. The standard InChI is InChI=1S/C10H11NO5S/c11-8-4-2-1-3-7(8)9-5-16-10(6-15-9)17(12,13)14/h2,4-7,11H,1,3H2,(H,12,13,14). The van der Waals surface area contributed by atoms with Gasteiger partial charge in [-0.25, -0.2) is 0 Å². The van der Waals surface area contributed by atoms with Crippen LogP contribution < -0.4 is 0 Å². The maximum Gasteiger partial charge on any atom is 0.331 e. The van der Waals surface area contributed by atoms with E-state index in [0.717, 1.165) is 18.9 Å². The summed E-state index contributed by atoms with van der Waals surface area (Å²) in [4.78, 5) is 0. The van der Waals surface area contributed by atoms with Gasteiger partial charge in [-0.1, -0.05) is 6.08 Å². The molecule has 2 rings (SSSR count). The van der Waals surface area contributed by atoms with Crippen molar-refractivity contribution in [2.75, 3.05) is 0 Å². The first-order valence-corrected chi connectivity index (χ1v) is 6.38. The summed E-state index contributed by atoms with van der Waals surface area (Å²) in [5.41, 5.74) is 0.384. The fraction of sp³-hybridized carbons (Fsp3) is 0.300. The van der Waals surface area contributed by atoms with Crippen LogP contribution in [0, 0.1) is 11.3 Å². The molecule has 0 spiro atoms. The fourth-order valence-electron chi connectivity index (χ4n) is 1.61. The van der Waals surface area contributed by atoms with Gasteiger partial charge in [-0.3, -0.25) is 4.55 Å². The number of hydrogen-bond donors (Lipinski definition) is 2. The Balaban J connectivity index is 2.11. The minimum atomic E-state index is -4.39. The van der Waals surface area contributed by atoms with E-state index in [1.54, 1.807) is 6.08 Å². The molecule has 2 aliphatic rings. The molecule has 0 radical (unpaired) electrons. The molecule has 0 amide bonds. The molecule has 7 heteroatoms. The van der Waals surface area contributed by atoms with Crippen molar-refractivity contribution in [1.29, 1.82) is 5.41 Å². The molecular weight excluding hydrogens is 246 g/mol. The van der Waals surface area contributed by atoms with Crippen LogP contribution in [0.15, 0.2) is 35.5 Å². The predicted molar refractivity (Wildman–Crippen MR) is 59.5 cm³/mol. The zero-order valence-electron chi connectivity index (χ0n) is 8.79. The minimum absolute atomic E-state index is 0.237. The average Bonchev–Trinajstić information content (AvgIpc) is 2.29. The Morgan fingerprint density at radius 2 is 2.12 bits per heavy atom. The highest BCUT2D eigenvalue weighted by molar-refractivity contribution is 7.89. The third-order valence-electron chi connectivity index (χ3n) is 2.47. The van der Waals surface area contributed by atoms with E-state index in [4.69, 9.17) is 19.4 Å². The first-order valence-electron chi connectivity index (χ1n) is 4.94. The SMILES string of the molecule is N=C1C=CCCC1C1=COC(S(=O)(=O)O)=CO1. The maximum atomic E-state index is 10.7. The summed E-state index contributed by atoms with van der Waals surface area (Å²) in [6.07, 6.45) is 7.04. The molecule has 0 saturated heterocycles. The number of hydrogen-bond acceptors (Lipinski definition) is 5. The van der Waals surface area contributed by atoms with Crippen LogP contribution in [0.1, 0.15) is 12.8 Å². The van der Waals surface area contributed by atoms with Gasteiger partial charge in [0.05, 0.1) is 5.92 Å². The van der Waals surface area contributed by atoms with Gasteiger partial charge in [0.15, 0.2) is 0 Å². The molecule has 1 heterocycles. The van der Waals surface area contributed by atoms with E-state index in [-0.39, 0.29) is 5.92 Å². The summed E-state index contributed by atoms with van der Waals surface area (Å²) in [5.74, 6) is 0.131. The Kier molecular flexibility index (Phi) is 3.03. The van der Waals surface area contributed by atoms with Crippen molar-refractivity contribution in [2.45, 2.75) is 12.8 Å². The first kappa shape index (κ1) is 11.9. The van der Waals surface area contributed by atoms with Gasteiger partial charge in [0.1, 0.15) is 18.3 Å². The summed E-state index contributed by atoms with van der Waals surface area (Å²) >= 11 is 0. The van der Waals surface area contributed by atoms with Gasteiger partial charge >= 0.3 is 10.1 Å². The largest absolute Gasteiger partial charge is 0.461 e. The molecule has 1 atom stereocenters. The quantitative estimate of drug-likeness (QED) is 0.731. The molecule has 17 heavy (non-hydrogen) atoms. The van der Waals surface area contributed by atoms with E-state index >= 15 is 0 Å². The molecule has 0 aromatic rings. The molecule has 6 nitrogen and oxygen atoms in total. The van der Waals surface area contributed by atoms with Crippen molar-refractivity contribution in [3.63, 3.8) is 0 Å². The molecular formula is C10H11NO5S. The lowest BCUT2D eigenvalue weighted by atomic mass is 9.91. The Bertz CT molecular complexity index is 529. The molecule has 1 aliphatic heterocycles. The predicted octanol–water partition coefficient (Wildman–Crippen LogP) is 1.55. The fourth-order valence-corrected chi connectivity index (χ4v) is 1.95. The van der Waals surface area contributed by atoms with Crippen molar-refractivity contribution in [3.05, 3.63) is 35.5 Å². The number of nitrogens with one attached hydrogen (secondary N) is 1. The molecule has 1 unspecified atom stereocenters. The molecule has 0 saturated carbocycles. The number of rotatable bonds is 2. The molecule has 0 aromatic carbocycles. The van der Waals surface area contributed by atoms with Crippen LogP contribution in [0.4, 0.5) is 0 Å². The number of ether oxygens (including phenoxy) is 2.